The lowest BCUT2D eigenvalue weighted by atomic mass is 10.3. The SMILES string of the molecule is CN=C(NCCc1sc(C)nc1C)NCc1ncnn1C. The van der Waals surface area contributed by atoms with Crippen molar-refractivity contribution in [2.24, 2.45) is 12.0 Å². The molecule has 2 rings (SSSR count). The predicted molar refractivity (Wildman–Crippen MR) is 84.5 cm³/mol. The summed E-state index contributed by atoms with van der Waals surface area (Å²) in [5.74, 6) is 1.63. The normalized spacial score (nSPS) is 11.7. The molecule has 7 nitrogen and oxygen atoms in total. The third-order valence-electron chi connectivity index (χ3n) is 3.09. The molecule has 0 amide bonds. The molecule has 0 aliphatic heterocycles. The summed E-state index contributed by atoms with van der Waals surface area (Å²) >= 11 is 1.75. The summed E-state index contributed by atoms with van der Waals surface area (Å²) in [5, 5.41) is 11.7. The predicted octanol–water partition coefficient (Wildman–Crippen LogP) is 0.796. The van der Waals surface area contributed by atoms with Crippen molar-refractivity contribution in [3.05, 3.63) is 27.7 Å². The van der Waals surface area contributed by atoms with E-state index in [1.54, 1.807) is 29.4 Å². The Kier molecular flexibility index (Phi) is 5.26. The number of nitrogens with one attached hydrogen (secondary N) is 2. The van der Waals surface area contributed by atoms with Crippen LogP contribution in [0.1, 0.15) is 21.4 Å². The van der Waals surface area contributed by atoms with Crippen LogP contribution in [-0.2, 0) is 20.0 Å². The summed E-state index contributed by atoms with van der Waals surface area (Å²) in [6.07, 6.45) is 2.49. The van der Waals surface area contributed by atoms with E-state index in [1.165, 1.54) is 4.88 Å². The van der Waals surface area contributed by atoms with Crippen LogP contribution in [0.5, 0.6) is 0 Å². The number of aromatic nitrogens is 4. The fourth-order valence-electron chi connectivity index (χ4n) is 1.96. The quantitative estimate of drug-likeness (QED) is 0.631. The molecule has 0 saturated heterocycles. The Bertz CT molecular complexity index is 614. The minimum atomic E-state index is 0.592. The van der Waals surface area contributed by atoms with Gasteiger partial charge in [-0.2, -0.15) is 5.10 Å². The molecule has 0 saturated carbocycles. The first kappa shape index (κ1) is 15.4. The third-order valence-corrected chi connectivity index (χ3v) is 4.22. The minimum Gasteiger partial charge on any atom is -0.356 e. The van der Waals surface area contributed by atoms with Crippen LogP contribution in [0.15, 0.2) is 11.3 Å². The van der Waals surface area contributed by atoms with Crippen LogP contribution in [0, 0.1) is 13.8 Å². The molecular formula is C13H21N7S. The lowest BCUT2D eigenvalue weighted by molar-refractivity contribution is 0.672. The largest absolute Gasteiger partial charge is 0.356 e. The van der Waals surface area contributed by atoms with Gasteiger partial charge in [0.05, 0.1) is 17.2 Å². The monoisotopic (exact) mass is 307 g/mol. The molecule has 0 fully saturated rings. The van der Waals surface area contributed by atoms with Crippen LogP contribution in [0.4, 0.5) is 0 Å². The van der Waals surface area contributed by atoms with Gasteiger partial charge < -0.3 is 10.6 Å². The van der Waals surface area contributed by atoms with Crippen LogP contribution < -0.4 is 10.6 Å². The molecule has 114 valence electrons. The summed E-state index contributed by atoms with van der Waals surface area (Å²) < 4.78 is 1.74. The Balaban J connectivity index is 1.78. The summed E-state index contributed by atoms with van der Waals surface area (Å²) in [4.78, 5) is 14.1. The first-order chi connectivity index (χ1) is 10.1. The van der Waals surface area contributed by atoms with Gasteiger partial charge in [0.1, 0.15) is 12.2 Å². The molecule has 0 spiro atoms. The zero-order chi connectivity index (χ0) is 15.2. The van der Waals surface area contributed by atoms with Gasteiger partial charge in [-0.3, -0.25) is 9.67 Å². The van der Waals surface area contributed by atoms with Crippen LogP contribution >= 0.6 is 11.3 Å². The van der Waals surface area contributed by atoms with E-state index in [-0.39, 0.29) is 0 Å². The van der Waals surface area contributed by atoms with Crippen molar-refractivity contribution in [3.63, 3.8) is 0 Å². The third kappa shape index (κ3) is 4.25. The van der Waals surface area contributed by atoms with E-state index < -0.39 is 0 Å². The Morgan fingerprint density at radius 2 is 2.19 bits per heavy atom. The summed E-state index contributed by atoms with van der Waals surface area (Å²) in [6.45, 7) is 5.51. The maximum atomic E-state index is 4.44. The van der Waals surface area contributed by atoms with Crippen LogP contribution in [0.25, 0.3) is 0 Å². The van der Waals surface area contributed by atoms with Crippen molar-refractivity contribution >= 4 is 17.3 Å². The Morgan fingerprint density at radius 3 is 2.76 bits per heavy atom. The van der Waals surface area contributed by atoms with Crippen molar-refractivity contribution in [1.29, 1.82) is 0 Å². The molecule has 21 heavy (non-hydrogen) atoms. The fourth-order valence-corrected chi connectivity index (χ4v) is 2.90. The van der Waals surface area contributed by atoms with Crippen molar-refractivity contribution in [3.8, 4) is 0 Å². The minimum absolute atomic E-state index is 0.592. The van der Waals surface area contributed by atoms with E-state index in [1.807, 2.05) is 14.0 Å². The molecule has 2 aromatic heterocycles. The zero-order valence-electron chi connectivity index (χ0n) is 12.8. The maximum absolute atomic E-state index is 4.44. The fraction of sp³-hybridized carbons (Fsp3) is 0.538. The number of hydrogen-bond acceptors (Lipinski definition) is 5. The smallest absolute Gasteiger partial charge is 0.191 e. The van der Waals surface area contributed by atoms with E-state index in [4.69, 9.17) is 0 Å². The van der Waals surface area contributed by atoms with E-state index in [9.17, 15) is 0 Å². The highest BCUT2D eigenvalue weighted by atomic mass is 32.1. The summed E-state index contributed by atoms with van der Waals surface area (Å²) in [6, 6.07) is 0. The number of hydrogen-bond donors (Lipinski definition) is 2. The number of aliphatic imine (C=N–C) groups is 1. The lowest BCUT2D eigenvalue weighted by Crippen LogP contribution is -2.38. The molecule has 2 heterocycles. The topological polar surface area (TPSA) is 80.0 Å². The molecule has 2 N–H and O–H groups in total. The highest BCUT2D eigenvalue weighted by Gasteiger charge is 2.06. The van der Waals surface area contributed by atoms with Crippen LogP contribution in [0.2, 0.25) is 0 Å². The second-order valence-corrected chi connectivity index (χ2v) is 5.93. The van der Waals surface area contributed by atoms with Gasteiger partial charge in [0.2, 0.25) is 0 Å². The first-order valence-electron chi connectivity index (χ1n) is 6.80. The van der Waals surface area contributed by atoms with Gasteiger partial charge in [0.25, 0.3) is 0 Å². The average molecular weight is 307 g/mol. The number of rotatable bonds is 5. The van der Waals surface area contributed by atoms with Crippen molar-refractivity contribution in [1.82, 2.24) is 30.4 Å². The molecule has 0 unspecified atom stereocenters. The summed E-state index contributed by atoms with van der Waals surface area (Å²) in [5.41, 5.74) is 1.13. The van der Waals surface area contributed by atoms with Gasteiger partial charge in [-0.05, 0) is 13.8 Å². The molecule has 0 aliphatic carbocycles. The summed E-state index contributed by atoms with van der Waals surface area (Å²) in [7, 11) is 3.63. The standard InChI is InChI=1S/C13H21N7S/c1-9-11(21-10(2)19-9)5-6-15-13(14-3)16-7-12-17-8-18-20(12)4/h8H,5-7H2,1-4H3,(H2,14,15,16). The molecule has 0 atom stereocenters. The Hall–Kier alpha value is -1.96. The van der Waals surface area contributed by atoms with Crippen molar-refractivity contribution in [2.75, 3.05) is 13.6 Å². The first-order valence-corrected chi connectivity index (χ1v) is 7.62. The number of guanidine groups is 1. The highest BCUT2D eigenvalue weighted by Crippen LogP contribution is 2.16. The van der Waals surface area contributed by atoms with Crippen LogP contribution in [-0.4, -0.2) is 39.3 Å². The number of aryl methyl sites for hydroxylation is 3. The lowest BCUT2D eigenvalue weighted by Gasteiger charge is -2.11. The van der Waals surface area contributed by atoms with Gasteiger partial charge in [0, 0.05) is 31.9 Å². The number of thiazole rings is 1. The van der Waals surface area contributed by atoms with E-state index in [0.29, 0.717) is 6.54 Å². The highest BCUT2D eigenvalue weighted by molar-refractivity contribution is 7.11. The molecular weight excluding hydrogens is 286 g/mol. The van der Waals surface area contributed by atoms with Crippen molar-refractivity contribution in [2.45, 2.75) is 26.8 Å². The van der Waals surface area contributed by atoms with E-state index in [2.05, 4.69) is 37.6 Å². The molecule has 0 aromatic carbocycles. The Labute approximate surface area is 128 Å². The van der Waals surface area contributed by atoms with Gasteiger partial charge in [-0.15, -0.1) is 11.3 Å². The zero-order valence-corrected chi connectivity index (χ0v) is 13.7. The van der Waals surface area contributed by atoms with E-state index >= 15 is 0 Å². The molecule has 2 aromatic rings. The average Bonchev–Trinajstić information content (AvgIpc) is 2.99. The van der Waals surface area contributed by atoms with E-state index in [0.717, 1.165) is 35.5 Å². The van der Waals surface area contributed by atoms with Gasteiger partial charge in [0.15, 0.2) is 5.96 Å². The number of nitrogens with zero attached hydrogens (tertiary/aromatic N) is 5. The second-order valence-electron chi connectivity index (χ2n) is 4.64. The molecule has 8 heteroatoms. The maximum Gasteiger partial charge on any atom is 0.191 e. The molecule has 0 bridgehead atoms. The second kappa shape index (κ2) is 7.16. The van der Waals surface area contributed by atoms with Gasteiger partial charge in [-0.1, -0.05) is 0 Å². The molecule has 0 aliphatic rings. The molecule has 0 radical (unpaired) electrons. The van der Waals surface area contributed by atoms with Crippen LogP contribution in [0.3, 0.4) is 0 Å². The van der Waals surface area contributed by atoms with Gasteiger partial charge >= 0.3 is 0 Å². The van der Waals surface area contributed by atoms with Crippen molar-refractivity contribution < 1.29 is 0 Å². The van der Waals surface area contributed by atoms with Gasteiger partial charge in [-0.25, -0.2) is 9.97 Å². The Morgan fingerprint density at radius 1 is 1.38 bits per heavy atom.